The first-order valence-electron chi connectivity index (χ1n) is 8.63. The van der Waals surface area contributed by atoms with Gasteiger partial charge in [0.05, 0.1) is 11.3 Å². The molecule has 0 bridgehead atoms. The number of nitrogen functional groups attached to an aromatic ring is 1. The van der Waals surface area contributed by atoms with E-state index in [1.165, 1.54) is 6.20 Å². The van der Waals surface area contributed by atoms with Crippen LogP contribution < -0.4 is 5.73 Å². The molecule has 2 aromatic heterocycles. The van der Waals surface area contributed by atoms with Gasteiger partial charge in [-0.15, -0.1) is 0 Å². The quantitative estimate of drug-likeness (QED) is 0.899. The van der Waals surface area contributed by atoms with Crippen LogP contribution in [-0.4, -0.2) is 20.5 Å². The van der Waals surface area contributed by atoms with Crippen LogP contribution in [0.25, 0.3) is 11.3 Å². The van der Waals surface area contributed by atoms with Crippen molar-refractivity contribution < 1.29 is 18.0 Å². The number of rotatable bonds is 3. The molecule has 0 spiro atoms. The molecule has 4 rings (SSSR count). The molecule has 2 fully saturated rings. The van der Waals surface area contributed by atoms with Gasteiger partial charge < -0.3 is 5.73 Å². The third kappa shape index (κ3) is 2.59. The van der Waals surface area contributed by atoms with Crippen molar-refractivity contribution in [3.63, 3.8) is 0 Å². The van der Waals surface area contributed by atoms with E-state index in [-0.39, 0.29) is 29.2 Å². The highest BCUT2D eigenvalue weighted by Gasteiger charge is 2.59. The molecule has 8 heteroatoms. The first-order chi connectivity index (χ1) is 12.2. The molecule has 2 N–H and O–H groups in total. The zero-order chi connectivity index (χ0) is 18.8. The van der Waals surface area contributed by atoms with Crippen LogP contribution in [0.15, 0.2) is 18.3 Å². The molecule has 0 aromatic carbocycles. The number of anilines is 1. The number of Topliss-reactive ketones (excluding diaryl/α,β-unsaturated/α-hetero) is 1. The lowest BCUT2D eigenvalue weighted by atomic mass is 10.1. The Morgan fingerprint density at radius 3 is 2.58 bits per heavy atom. The number of aromatic nitrogens is 3. The Bertz CT molecular complexity index is 887. The van der Waals surface area contributed by atoms with E-state index in [0.717, 1.165) is 18.2 Å². The van der Waals surface area contributed by atoms with Gasteiger partial charge in [-0.2, -0.15) is 18.3 Å². The van der Waals surface area contributed by atoms with E-state index >= 15 is 0 Å². The number of ketones is 1. The predicted molar refractivity (Wildman–Crippen MR) is 89.2 cm³/mol. The summed E-state index contributed by atoms with van der Waals surface area (Å²) in [6.45, 7) is 3.92. The summed E-state index contributed by atoms with van der Waals surface area (Å²) in [5.74, 6) is 0.259. The van der Waals surface area contributed by atoms with Crippen LogP contribution in [0.5, 0.6) is 0 Å². The van der Waals surface area contributed by atoms with Crippen LogP contribution in [0, 0.1) is 11.8 Å². The number of hydrogen-bond acceptors (Lipinski definition) is 4. The first kappa shape index (κ1) is 17.1. The molecule has 138 valence electrons. The first-order valence-corrected chi connectivity index (χ1v) is 8.63. The second kappa shape index (κ2) is 5.56. The van der Waals surface area contributed by atoms with Gasteiger partial charge in [-0.1, -0.05) is 0 Å². The second-order valence-electron chi connectivity index (χ2n) is 7.37. The Hall–Kier alpha value is -2.38. The van der Waals surface area contributed by atoms with E-state index in [9.17, 15) is 18.0 Å². The Morgan fingerprint density at radius 1 is 1.27 bits per heavy atom. The third-order valence-electron chi connectivity index (χ3n) is 5.38. The number of pyridine rings is 1. The largest absolute Gasteiger partial charge is 0.419 e. The van der Waals surface area contributed by atoms with Gasteiger partial charge in [0.1, 0.15) is 11.6 Å². The molecule has 0 unspecified atom stereocenters. The summed E-state index contributed by atoms with van der Waals surface area (Å²) in [6, 6.07) is 2.82. The third-order valence-corrected chi connectivity index (χ3v) is 5.38. The van der Waals surface area contributed by atoms with Crippen molar-refractivity contribution in [3.05, 3.63) is 29.6 Å². The highest BCUT2D eigenvalue weighted by molar-refractivity contribution is 5.88. The number of nitrogens with two attached hydrogens (primary N) is 1. The molecule has 2 aliphatic carbocycles. The maximum atomic E-state index is 13.1. The van der Waals surface area contributed by atoms with Crippen LogP contribution in [-0.2, 0) is 11.0 Å². The summed E-state index contributed by atoms with van der Waals surface area (Å²) < 4.78 is 41.1. The Balaban J connectivity index is 1.75. The predicted octanol–water partition coefficient (Wildman–Crippen LogP) is 3.82. The maximum Gasteiger partial charge on any atom is 0.419 e. The van der Waals surface area contributed by atoms with Crippen molar-refractivity contribution in [1.29, 1.82) is 0 Å². The van der Waals surface area contributed by atoms with E-state index in [1.807, 2.05) is 18.5 Å². The van der Waals surface area contributed by atoms with E-state index in [2.05, 4.69) is 10.1 Å². The number of hydrogen-bond donors (Lipinski definition) is 1. The molecule has 0 saturated heterocycles. The van der Waals surface area contributed by atoms with Crippen molar-refractivity contribution in [3.8, 4) is 11.3 Å². The molecular weight excluding hydrogens is 345 g/mol. The summed E-state index contributed by atoms with van der Waals surface area (Å²) in [5.41, 5.74) is 6.02. The highest BCUT2D eigenvalue weighted by atomic mass is 19.4. The fraction of sp³-hybridized carbons (Fsp3) is 0.500. The molecule has 26 heavy (non-hydrogen) atoms. The van der Waals surface area contributed by atoms with Crippen molar-refractivity contribution in [1.82, 2.24) is 14.8 Å². The van der Waals surface area contributed by atoms with Gasteiger partial charge >= 0.3 is 6.18 Å². The molecule has 2 aliphatic rings. The monoisotopic (exact) mass is 364 g/mol. The van der Waals surface area contributed by atoms with Crippen molar-refractivity contribution in [2.24, 2.45) is 11.8 Å². The molecular formula is C18H19F3N4O. The zero-order valence-electron chi connectivity index (χ0n) is 14.4. The van der Waals surface area contributed by atoms with Gasteiger partial charge in [-0.3, -0.25) is 9.48 Å². The normalized spacial score (nSPS) is 25.0. The lowest BCUT2D eigenvalue weighted by Gasteiger charge is -2.12. The molecule has 5 nitrogen and oxygen atoms in total. The van der Waals surface area contributed by atoms with E-state index in [1.54, 1.807) is 6.07 Å². The molecule has 2 heterocycles. The Morgan fingerprint density at radius 2 is 2.00 bits per heavy atom. The maximum absolute atomic E-state index is 13.1. The standard InChI is InChI=1S/C18H19F3N4O/c1-8(2)25-13(15-10-3-4-14(26)16(10)15)6-12(24-25)9-5-11(18(19,20)21)17(22)23-7-9/h5-8,10,15-16H,3-4H2,1-2H3,(H2,22,23)/t10-,15+,16+/m1/s1. The van der Waals surface area contributed by atoms with E-state index in [0.29, 0.717) is 18.0 Å². The number of carbonyl (C=O) groups excluding carboxylic acids is 1. The zero-order valence-corrected chi connectivity index (χ0v) is 14.4. The summed E-state index contributed by atoms with van der Waals surface area (Å²) in [5, 5.41) is 4.50. The molecule has 0 aliphatic heterocycles. The van der Waals surface area contributed by atoms with Crippen LogP contribution in [0.3, 0.4) is 0 Å². The topological polar surface area (TPSA) is 73.8 Å². The summed E-state index contributed by atoms with van der Waals surface area (Å²) in [6.07, 6.45) is -1.75. The Labute approximate surface area is 148 Å². The van der Waals surface area contributed by atoms with Crippen molar-refractivity contribution >= 4 is 11.6 Å². The van der Waals surface area contributed by atoms with Crippen LogP contribution in [0.1, 0.15) is 49.9 Å². The SMILES string of the molecule is CC(C)n1nc(-c2cnc(N)c(C(F)(F)F)c2)cc1[C@@H]1[C@H]2CCC(=O)[C@H]21. The van der Waals surface area contributed by atoms with Gasteiger partial charge in [0.25, 0.3) is 0 Å². The number of alkyl halides is 3. The lowest BCUT2D eigenvalue weighted by molar-refractivity contribution is -0.137. The van der Waals surface area contributed by atoms with Gasteiger partial charge in [0.15, 0.2) is 0 Å². The lowest BCUT2D eigenvalue weighted by Crippen LogP contribution is -2.11. The summed E-state index contributed by atoms with van der Waals surface area (Å²) in [7, 11) is 0. The highest BCUT2D eigenvalue weighted by Crippen LogP contribution is 2.61. The average molecular weight is 364 g/mol. The van der Waals surface area contributed by atoms with Crippen LogP contribution >= 0.6 is 0 Å². The average Bonchev–Trinajstić information content (AvgIpc) is 2.90. The van der Waals surface area contributed by atoms with Crippen molar-refractivity contribution in [2.75, 3.05) is 5.73 Å². The number of nitrogens with zero attached hydrogens (tertiary/aromatic N) is 3. The number of fused-ring (bicyclic) bond motifs is 1. The molecule has 3 atom stereocenters. The molecule has 2 saturated carbocycles. The van der Waals surface area contributed by atoms with Gasteiger partial charge in [-0.05, 0) is 38.3 Å². The second-order valence-corrected chi connectivity index (χ2v) is 7.37. The van der Waals surface area contributed by atoms with E-state index < -0.39 is 17.6 Å². The van der Waals surface area contributed by atoms with Crippen LogP contribution in [0.2, 0.25) is 0 Å². The number of halogens is 3. The minimum atomic E-state index is -4.57. The van der Waals surface area contributed by atoms with E-state index in [4.69, 9.17) is 5.73 Å². The summed E-state index contributed by atoms with van der Waals surface area (Å²) in [4.78, 5) is 15.7. The van der Waals surface area contributed by atoms with Gasteiger partial charge in [0, 0.05) is 41.8 Å². The smallest absolute Gasteiger partial charge is 0.383 e. The van der Waals surface area contributed by atoms with Crippen molar-refractivity contribution in [2.45, 2.75) is 44.8 Å². The minimum absolute atomic E-state index is 0.0407. The number of carbonyl (C=O) groups is 1. The Kier molecular flexibility index (Phi) is 3.65. The fourth-order valence-corrected chi connectivity index (χ4v) is 4.11. The van der Waals surface area contributed by atoms with Gasteiger partial charge in [-0.25, -0.2) is 4.98 Å². The van der Waals surface area contributed by atoms with Crippen LogP contribution in [0.4, 0.5) is 19.0 Å². The minimum Gasteiger partial charge on any atom is -0.383 e. The molecule has 2 aromatic rings. The molecule has 0 amide bonds. The molecule has 0 radical (unpaired) electrons. The summed E-state index contributed by atoms with van der Waals surface area (Å²) >= 11 is 0. The fourth-order valence-electron chi connectivity index (χ4n) is 4.11. The van der Waals surface area contributed by atoms with Gasteiger partial charge in [0.2, 0.25) is 0 Å².